The number of imidazole rings is 1. The average molecular weight is 480 g/mol. The van der Waals surface area contributed by atoms with E-state index in [0.29, 0.717) is 5.76 Å². The number of benzene rings is 1. The van der Waals surface area contributed by atoms with Gasteiger partial charge in [-0.25, -0.2) is 4.98 Å². The molecular weight excluding hydrogens is 446 g/mol. The van der Waals surface area contributed by atoms with Gasteiger partial charge in [-0.1, -0.05) is 19.3 Å². The van der Waals surface area contributed by atoms with Gasteiger partial charge >= 0.3 is 0 Å². The number of H-pyrrole nitrogens is 1. The summed E-state index contributed by atoms with van der Waals surface area (Å²) in [6.07, 6.45) is 5.24. The summed E-state index contributed by atoms with van der Waals surface area (Å²) >= 11 is 0. The molecule has 0 unspecified atom stereocenters. The molecule has 1 aromatic carbocycles. The standard InChI is InChI=1S/C26H33N5O4/c1-27-26(33)24(17-5-3-2-4-6-17)30-25(32)22-10-9-21(35-22)18-7-8-19-20(15-18)29-23(28-19)16-31-11-13-34-14-12-31/h7-10,15,17,24H,2-6,11-14,16H2,1H3,(H,27,33)(H,28,29)(H,30,32)/t24-/m0/s1. The van der Waals surface area contributed by atoms with Gasteiger partial charge in [0.1, 0.15) is 17.6 Å². The second-order valence-electron chi connectivity index (χ2n) is 9.43. The molecule has 2 fully saturated rings. The average Bonchev–Trinajstić information content (AvgIpc) is 3.54. The Balaban J connectivity index is 1.29. The maximum Gasteiger partial charge on any atom is 0.287 e. The van der Waals surface area contributed by atoms with Crippen molar-refractivity contribution < 1.29 is 18.7 Å². The molecule has 0 spiro atoms. The number of likely N-dealkylation sites (N-methyl/N-ethyl adjacent to an activating group) is 1. The molecule has 1 aliphatic heterocycles. The minimum absolute atomic E-state index is 0.150. The van der Waals surface area contributed by atoms with E-state index in [0.717, 1.165) is 81.0 Å². The number of amides is 2. The number of ether oxygens (including phenoxy) is 1. The number of hydrogen-bond acceptors (Lipinski definition) is 6. The largest absolute Gasteiger partial charge is 0.451 e. The Bertz CT molecular complexity index is 1170. The van der Waals surface area contributed by atoms with Crippen molar-refractivity contribution in [2.24, 2.45) is 5.92 Å². The topological polar surface area (TPSA) is 112 Å². The van der Waals surface area contributed by atoms with Crippen molar-refractivity contribution in [3.63, 3.8) is 0 Å². The monoisotopic (exact) mass is 479 g/mol. The number of nitrogens with zero attached hydrogens (tertiary/aromatic N) is 2. The van der Waals surface area contributed by atoms with Gasteiger partial charge in [0.15, 0.2) is 5.76 Å². The highest BCUT2D eigenvalue weighted by atomic mass is 16.5. The highest BCUT2D eigenvalue weighted by Gasteiger charge is 2.31. The first-order valence-electron chi connectivity index (χ1n) is 12.5. The number of morpholine rings is 1. The normalized spacial score (nSPS) is 18.4. The van der Waals surface area contributed by atoms with Gasteiger partial charge in [0.25, 0.3) is 5.91 Å². The number of nitrogens with one attached hydrogen (secondary N) is 3. The van der Waals surface area contributed by atoms with Gasteiger partial charge in [0.05, 0.1) is 30.8 Å². The molecule has 9 heteroatoms. The third kappa shape index (κ3) is 5.41. The summed E-state index contributed by atoms with van der Waals surface area (Å²) in [5, 5.41) is 5.61. The Morgan fingerprint density at radius 1 is 1.14 bits per heavy atom. The highest BCUT2D eigenvalue weighted by Crippen LogP contribution is 2.28. The third-order valence-electron chi connectivity index (χ3n) is 7.06. The van der Waals surface area contributed by atoms with E-state index in [4.69, 9.17) is 14.1 Å². The molecule has 1 saturated carbocycles. The van der Waals surface area contributed by atoms with Crippen LogP contribution < -0.4 is 10.6 Å². The number of furan rings is 1. The molecule has 9 nitrogen and oxygen atoms in total. The molecule has 2 aromatic heterocycles. The summed E-state index contributed by atoms with van der Waals surface area (Å²) in [6, 6.07) is 8.78. The van der Waals surface area contributed by atoms with Crippen LogP contribution in [0.5, 0.6) is 0 Å². The molecule has 3 N–H and O–H groups in total. The Hall–Kier alpha value is -3.17. The lowest BCUT2D eigenvalue weighted by Crippen LogP contribution is -2.50. The van der Waals surface area contributed by atoms with E-state index in [1.807, 2.05) is 18.2 Å². The zero-order valence-electron chi connectivity index (χ0n) is 20.1. The lowest BCUT2D eigenvalue weighted by atomic mass is 9.83. The molecule has 2 aliphatic rings. The van der Waals surface area contributed by atoms with Crippen LogP contribution >= 0.6 is 0 Å². The van der Waals surface area contributed by atoms with Gasteiger partial charge in [0.2, 0.25) is 5.91 Å². The van der Waals surface area contributed by atoms with Crippen molar-refractivity contribution in [1.82, 2.24) is 25.5 Å². The van der Waals surface area contributed by atoms with Crippen molar-refractivity contribution in [2.75, 3.05) is 33.4 Å². The lowest BCUT2D eigenvalue weighted by Gasteiger charge is -2.29. The summed E-state index contributed by atoms with van der Waals surface area (Å²) < 4.78 is 11.3. The predicted octanol–water partition coefficient (Wildman–Crippen LogP) is 3.08. The van der Waals surface area contributed by atoms with E-state index in [2.05, 4.69) is 20.5 Å². The first-order valence-corrected chi connectivity index (χ1v) is 12.5. The predicted molar refractivity (Wildman–Crippen MR) is 132 cm³/mol. The van der Waals surface area contributed by atoms with E-state index < -0.39 is 6.04 Å². The summed E-state index contributed by atoms with van der Waals surface area (Å²) in [6.45, 7) is 4.07. The van der Waals surface area contributed by atoms with Crippen molar-refractivity contribution in [1.29, 1.82) is 0 Å². The van der Waals surface area contributed by atoms with Crippen LogP contribution in [0.15, 0.2) is 34.7 Å². The van der Waals surface area contributed by atoms with Crippen LogP contribution in [-0.2, 0) is 16.1 Å². The fraction of sp³-hybridized carbons (Fsp3) is 0.500. The molecule has 186 valence electrons. The Morgan fingerprint density at radius 2 is 1.94 bits per heavy atom. The molecule has 1 atom stereocenters. The van der Waals surface area contributed by atoms with Crippen LogP contribution in [0.3, 0.4) is 0 Å². The molecule has 2 amide bonds. The molecular formula is C26H33N5O4. The fourth-order valence-electron chi connectivity index (χ4n) is 5.11. The zero-order chi connectivity index (χ0) is 24.2. The summed E-state index contributed by atoms with van der Waals surface area (Å²) in [7, 11) is 1.60. The number of carbonyl (C=O) groups excluding carboxylic acids is 2. The van der Waals surface area contributed by atoms with Crippen molar-refractivity contribution >= 4 is 22.8 Å². The van der Waals surface area contributed by atoms with Crippen LogP contribution in [0.4, 0.5) is 0 Å². The van der Waals surface area contributed by atoms with E-state index in [-0.39, 0.29) is 23.5 Å². The Labute approximate surface area is 204 Å². The molecule has 0 radical (unpaired) electrons. The van der Waals surface area contributed by atoms with Gasteiger partial charge < -0.3 is 24.8 Å². The number of carbonyl (C=O) groups is 2. The first-order chi connectivity index (χ1) is 17.1. The smallest absolute Gasteiger partial charge is 0.287 e. The van der Waals surface area contributed by atoms with Crippen molar-refractivity contribution in [3.8, 4) is 11.3 Å². The van der Waals surface area contributed by atoms with Crippen LogP contribution in [0, 0.1) is 5.92 Å². The summed E-state index contributed by atoms with van der Waals surface area (Å²) in [4.78, 5) is 35.9. The van der Waals surface area contributed by atoms with Crippen LogP contribution in [0.1, 0.15) is 48.5 Å². The van der Waals surface area contributed by atoms with Gasteiger partial charge in [0, 0.05) is 25.7 Å². The molecule has 1 saturated heterocycles. The number of aromatic amines is 1. The number of rotatable bonds is 7. The van der Waals surface area contributed by atoms with Crippen LogP contribution in [-0.4, -0.2) is 66.1 Å². The van der Waals surface area contributed by atoms with E-state index >= 15 is 0 Å². The highest BCUT2D eigenvalue weighted by molar-refractivity contribution is 5.96. The molecule has 0 bridgehead atoms. The number of aromatic nitrogens is 2. The van der Waals surface area contributed by atoms with Gasteiger partial charge in [-0.3, -0.25) is 14.5 Å². The number of fused-ring (bicyclic) bond motifs is 1. The molecule has 1 aliphatic carbocycles. The minimum atomic E-state index is -0.549. The first kappa shape index (κ1) is 23.6. The lowest BCUT2D eigenvalue weighted by molar-refractivity contribution is -0.124. The maximum atomic E-state index is 13.0. The van der Waals surface area contributed by atoms with Crippen molar-refractivity contribution in [2.45, 2.75) is 44.7 Å². The van der Waals surface area contributed by atoms with E-state index in [1.165, 1.54) is 6.42 Å². The molecule has 3 heterocycles. The molecule has 35 heavy (non-hydrogen) atoms. The van der Waals surface area contributed by atoms with Crippen molar-refractivity contribution in [3.05, 3.63) is 41.9 Å². The molecule has 5 rings (SSSR count). The Kier molecular flexibility index (Phi) is 7.15. The maximum absolute atomic E-state index is 13.0. The quantitative estimate of drug-likeness (QED) is 0.480. The molecule has 3 aromatic rings. The summed E-state index contributed by atoms with van der Waals surface area (Å²) in [5.41, 5.74) is 2.67. The second-order valence-corrected chi connectivity index (χ2v) is 9.43. The van der Waals surface area contributed by atoms with E-state index in [9.17, 15) is 9.59 Å². The Morgan fingerprint density at radius 3 is 2.71 bits per heavy atom. The van der Waals surface area contributed by atoms with E-state index in [1.54, 1.807) is 19.2 Å². The number of hydrogen-bond donors (Lipinski definition) is 3. The van der Waals surface area contributed by atoms with Gasteiger partial charge in [-0.15, -0.1) is 0 Å². The zero-order valence-corrected chi connectivity index (χ0v) is 20.1. The van der Waals surface area contributed by atoms with Gasteiger partial charge in [-0.2, -0.15) is 0 Å². The minimum Gasteiger partial charge on any atom is -0.451 e. The SMILES string of the molecule is CNC(=O)[C@@H](NC(=O)c1ccc(-c2ccc3nc(CN4CCOCC4)[nH]c3c2)o1)C1CCCCC1. The third-order valence-corrected chi connectivity index (χ3v) is 7.06. The second kappa shape index (κ2) is 10.6. The van der Waals surface area contributed by atoms with Gasteiger partial charge in [-0.05, 0) is 49.1 Å². The fourth-order valence-corrected chi connectivity index (χ4v) is 5.11. The van der Waals surface area contributed by atoms with Crippen LogP contribution in [0.2, 0.25) is 0 Å². The van der Waals surface area contributed by atoms with Crippen LogP contribution in [0.25, 0.3) is 22.4 Å². The summed E-state index contributed by atoms with van der Waals surface area (Å²) in [5.74, 6) is 1.33.